The van der Waals surface area contributed by atoms with Crippen LogP contribution in [0.3, 0.4) is 0 Å². The van der Waals surface area contributed by atoms with Crippen LogP contribution in [-0.4, -0.2) is 85.3 Å². The van der Waals surface area contributed by atoms with Crippen molar-refractivity contribution >= 4 is 129 Å². The Morgan fingerprint density at radius 2 is 0.727 bits per heavy atom. The molecule has 0 aliphatic heterocycles. The molecule has 0 bridgehead atoms. The van der Waals surface area contributed by atoms with E-state index in [9.17, 15) is 14.4 Å². The lowest BCUT2D eigenvalue weighted by molar-refractivity contribution is -0.121. The number of carbonyl (C=O) groups is 3. The van der Waals surface area contributed by atoms with Gasteiger partial charge >= 0.3 is 7.82 Å². The second kappa shape index (κ2) is 28.8. The van der Waals surface area contributed by atoms with Crippen LogP contribution in [0, 0.1) is 0 Å². The van der Waals surface area contributed by atoms with E-state index in [1.54, 1.807) is 75.8 Å². The van der Waals surface area contributed by atoms with Crippen molar-refractivity contribution in [2.75, 3.05) is 20.0 Å². The monoisotopic (exact) mass is 1260 g/mol. The fraction of sp³-hybridized carbons (Fsp3) is 0.375. The number of halogens is 9. The topological polar surface area (TPSA) is 249 Å². The first-order chi connectivity index (χ1) is 36.5. The Labute approximate surface area is 483 Å². The van der Waals surface area contributed by atoms with E-state index in [1.165, 1.54) is 70.4 Å². The van der Waals surface area contributed by atoms with E-state index in [0.29, 0.717) is 46.3 Å². The fourth-order valence-electron chi connectivity index (χ4n) is 7.32. The maximum absolute atomic E-state index is 16.4. The molecule has 3 amide bonds. The van der Waals surface area contributed by atoms with Crippen LogP contribution < -0.4 is 33.2 Å². The SMILES string of the molecule is CC(N)c1ncc(-c2ccc(C(OP(=O)(OC(c3ccc(-c4cnc(C(C)N)s4)cc3)C(CF)NC(=O)C(Cl)Cl)OC(c3ccc(-c4cnc(C(C)N)s4)cc3)C(CF)NC(=O)C(Cl)Cl)C(CF)NC(=O)C(Cl)Cl)cc2)s1. The van der Waals surface area contributed by atoms with Gasteiger partial charge in [0.2, 0.25) is 0 Å². The molecular formula is C48H51Cl6F3N9O7PS3. The molecule has 9 N–H and O–H groups in total. The Balaban J connectivity index is 1.57. The Morgan fingerprint density at radius 1 is 0.494 bits per heavy atom. The molecule has 6 aromatic rings. The molecule has 0 spiro atoms. The zero-order valence-corrected chi connectivity index (χ0v) is 48.6. The number of amides is 3. The van der Waals surface area contributed by atoms with Crippen molar-refractivity contribution in [1.82, 2.24) is 30.9 Å². The second-order valence-corrected chi connectivity index (χ2v) is 25.2. The number of benzene rings is 3. The Bertz CT molecular complexity index is 2640. The predicted octanol–water partition coefficient (Wildman–Crippen LogP) is 11.6. The number of rotatable bonds is 27. The van der Waals surface area contributed by atoms with Crippen molar-refractivity contribution in [3.8, 4) is 31.3 Å². The van der Waals surface area contributed by atoms with E-state index in [0.717, 1.165) is 0 Å². The van der Waals surface area contributed by atoms with E-state index in [-0.39, 0.29) is 34.8 Å². The van der Waals surface area contributed by atoms with Crippen molar-refractivity contribution in [2.24, 2.45) is 17.2 Å². The minimum absolute atomic E-state index is 0.0277. The van der Waals surface area contributed by atoms with Gasteiger partial charge in [0, 0.05) is 18.6 Å². The standard InChI is InChI=1S/C48H51Cl6F3N9O7PS3/c1-22(58)46-61-19-34(75-46)25-4-10-28(11-5-25)37(31(16-55)64-43(67)40(49)50)71-74(70,72-38(32(17-56)65-44(68)41(51)52)29-12-6-26(7-13-29)35-20-62-47(76-35)23(2)59)73-39(33(18-57)66-45(69)42(53)54)30-14-8-27(9-15-30)36-21-63-48(77-36)24(3)60/h4-15,19-24,31-33,37-42H,16-18,58-60H2,1-3H3,(H,64,67)(H,65,68)(H,66,69). The lowest BCUT2D eigenvalue weighted by atomic mass is 10.0. The molecule has 6 rings (SSSR count). The Hall–Kier alpha value is -3.52. The number of carbonyl (C=O) groups excluding carboxylic acids is 3. The van der Waals surface area contributed by atoms with E-state index in [1.807, 2.05) is 0 Å². The highest BCUT2D eigenvalue weighted by atomic mass is 35.5. The summed E-state index contributed by atoms with van der Waals surface area (Å²) in [5.74, 6) is -3.30. The molecule has 29 heteroatoms. The normalized spacial score (nSPS) is 16.2. The van der Waals surface area contributed by atoms with Gasteiger partial charge in [0.15, 0.2) is 14.5 Å². The van der Waals surface area contributed by atoms with Crippen LogP contribution in [0.25, 0.3) is 31.3 Å². The van der Waals surface area contributed by atoms with Gasteiger partial charge in [-0.2, -0.15) is 0 Å². The Kier molecular flexibility index (Phi) is 23.4. The zero-order valence-electron chi connectivity index (χ0n) is 40.7. The van der Waals surface area contributed by atoms with Gasteiger partial charge in [-0.3, -0.25) is 28.0 Å². The van der Waals surface area contributed by atoms with Gasteiger partial charge in [-0.25, -0.2) is 32.7 Å². The molecule has 0 aliphatic carbocycles. The molecule has 3 heterocycles. The average molecular weight is 1260 g/mol. The van der Waals surface area contributed by atoms with E-state index < -0.39 is 96.5 Å². The predicted molar refractivity (Wildman–Crippen MR) is 300 cm³/mol. The molecular weight excluding hydrogens is 1210 g/mol. The molecule has 3 aromatic heterocycles. The maximum Gasteiger partial charge on any atom is 0.476 e. The number of nitrogens with zero attached hydrogens (tertiary/aromatic N) is 3. The van der Waals surface area contributed by atoms with Crippen molar-refractivity contribution in [3.05, 3.63) is 123 Å². The van der Waals surface area contributed by atoms with Crippen molar-refractivity contribution in [3.63, 3.8) is 0 Å². The molecule has 416 valence electrons. The van der Waals surface area contributed by atoms with Crippen molar-refractivity contribution < 1.29 is 45.7 Å². The molecule has 9 unspecified atom stereocenters. The molecule has 0 fully saturated rings. The minimum atomic E-state index is -5.74. The largest absolute Gasteiger partial charge is 0.476 e. The third-order valence-corrected chi connectivity index (χ3v) is 17.6. The van der Waals surface area contributed by atoms with Gasteiger partial charge < -0.3 is 33.2 Å². The summed E-state index contributed by atoms with van der Waals surface area (Å²) < 4.78 is 82.6. The van der Waals surface area contributed by atoms with Gasteiger partial charge in [0.1, 0.15) is 53.4 Å². The average Bonchev–Trinajstić information content (AvgIpc) is 4.23. The van der Waals surface area contributed by atoms with Crippen LogP contribution in [-0.2, 0) is 32.5 Å². The van der Waals surface area contributed by atoms with Gasteiger partial charge in [-0.05, 0) is 54.2 Å². The zero-order chi connectivity index (χ0) is 56.3. The summed E-state index contributed by atoms with van der Waals surface area (Å²) in [5.41, 5.74) is 20.1. The number of phosphoric ester groups is 1. The summed E-state index contributed by atoms with van der Waals surface area (Å²) in [7, 11) is -5.74. The summed E-state index contributed by atoms with van der Waals surface area (Å²) >= 11 is 39.5. The third kappa shape index (κ3) is 16.8. The van der Waals surface area contributed by atoms with Crippen LogP contribution in [0.1, 0.15) is 88.9 Å². The number of nitrogens with one attached hydrogen (secondary N) is 3. The summed E-state index contributed by atoms with van der Waals surface area (Å²) in [5, 5.41) is 8.96. The maximum atomic E-state index is 16.4. The second-order valence-electron chi connectivity index (χ2n) is 17.2. The van der Waals surface area contributed by atoms with Crippen LogP contribution in [0.15, 0.2) is 91.4 Å². The first-order valence-corrected chi connectivity index (χ1v) is 29.6. The smallest absolute Gasteiger partial charge is 0.345 e. The fourth-order valence-corrected chi connectivity index (χ4v) is 12.1. The minimum Gasteiger partial charge on any atom is -0.345 e. The number of alkyl halides is 9. The van der Waals surface area contributed by atoms with E-state index in [4.69, 9.17) is 100 Å². The highest BCUT2D eigenvalue weighted by Crippen LogP contribution is 2.60. The number of hydrogen-bond acceptors (Lipinski definition) is 16. The lowest BCUT2D eigenvalue weighted by Gasteiger charge is -2.36. The van der Waals surface area contributed by atoms with Crippen LogP contribution in [0.4, 0.5) is 13.2 Å². The van der Waals surface area contributed by atoms with Crippen LogP contribution in [0.5, 0.6) is 0 Å². The molecule has 77 heavy (non-hydrogen) atoms. The molecule has 0 aliphatic rings. The summed E-state index contributed by atoms with van der Waals surface area (Å²) in [6.07, 6.45) is -0.899. The quantitative estimate of drug-likeness (QED) is 0.0208. The number of hydrogen-bond donors (Lipinski definition) is 6. The number of phosphoric acid groups is 1. The molecule has 0 saturated heterocycles. The highest BCUT2D eigenvalue weighted by Gasteiger charge is 2.45. The number of aromatic nitrogens is 3. The first kappa shape index (κ1) is 62.7. The van der Waals surface area contributed by atoms with Gasteiger partial charge in [-0.1, -0.05) is 142 Å². The molecule has 0 radical (unpaired) electrons. The molecule has 16 nitrogen and oxygen atoms in total. The van der Waals surface area contributed by atoms with Crippen molar-refractivity contribution in [2.45, 2.75) is 89.8 Å². The number of nitrogens with two attached hydrogens (primary N) is 3. The Morgan fingerprint density at radius 3 is 0.909 bits per heavy atom. The molecule has 3 aromatic carbocycles. The van der Waals surface area contributed by atoms with Gasteiger partial charge in [0.25, 0.3) is 17.7 Å². The summed E-state index contributed by atoms with van der Waals surface area (Å²) in [6, 6.07) is 11.8. The van der Waals surface area contributed by atoms with Gasteiger partial charge in [-0.15, -0.1) is 34.0 Å². The van der Waals surface area contributed by atoms with Crippen LogP contribution in [0.2, 0.25) is 0 Å². The molecule has 0 saturated carbocycles. The molecule has 9 atom stereocenters. The first-order valence-electron chi connectivity index (χ1n) is 23.1. The van der Waals surface area contributed by atoms with Gasteiger partial charge in [0.05, 0.1) is 50.9 Å². The highest BCUT2D eigenvalue weighted by molar-refractivity contribution is 7.48. The van der Waals surface area contributed by atoms with E-state index >= 15 is 17.7 Å². The summed E-state index contributed by atoms with van der Waals surface area (Å²) in [6.45, 7) is 0.956. The number of thiazole rings is 3. The van der Waals surface area contributed by atoms with Crippen LogP contribution >= 0.6 is 111 Å². The third-order valence-electron chi connectivity index (χ3n) is 11.2. The lowest BCUT2D eigenvalue weighted by Crippen LogP contribution is -2.45. The summed E-state index contributed by atoms with van der Waals surface area (Å²) in [4.78, 5) is 49.4. The van der Waals surface area contributed by atoms with Crippen molar-refractivity contribution in [1.29, 1.82) is 0 Å². The van der Waals surface area contributed by atoms with E-state index in [2.05, 4.69) is 30.9 Å².